The first-order chi connectivity index (χ1) is 8.24. The Hall–Kier alpha value is -0.570. The lowest BCUT2D eigenvalue weighted by atomic mass is 9.90. The molecule has 3 fully saturated rings. The average molecular weight is 236 g/mol. The summed E-state index contributed by atoms with van der Waals surface area (Å²) < 4.78 is 0. The molecule has 96 valence electrons. The monoisotopic (exact) mass is 236 g/mol. The molecule has 0 aromatic rings. The molecule has 1 heterocycles. The highest BCUT2D eigenvalue weighted by atomic mass is 16.2. The molecule has 0 aromatic heterocycles. The molecule has 3 heteroatoms. The molecule has 3 nitrogen and oxygen atoms in total. The molecule has 1 amide bonds. The average Bonchev–Trinajstić information content (AvgIpc) is 2.91. The number of carbonyl (C=O) groups excluding carboxylic acids is 1. The predicted octanol–water partition coefficient (Wildman–Crippen LogP) is 1.68. The Balaban J connectivity index is 1.56. The number of fused-ring (bicyclic) bond motifs is 2. The van der Waals surface area contributed by atoms with Crippen molar-refractivity contribution in [2.24, 2.45) is 17.8 Å². The lowest BCUT2D eigenvalue weighted by Crippen LogP contribution is -2.53. The summed E-state index contributed by atoms with van der Waals surface area (Å²) in [7, 11) is 0. The lowest BCUT2D eigenvalue weighted by molar-refractivity contribution is -0.125. The maximum atomic E-state index is 12.3. The van der Waals surface area contributed by atoms with Gasteiger partial charge in [0.05, 0.1) is 6.04 Å². The zero-order valence-electron chi connectivity index (χ0n) is 10.7. The number of rotatable bonds is 2. The first kappa shape index (κ1) is 11.5. The minimum absolute atomic E-state index is 0.0582. The van der Waals surface area contributed by atoms with Crippen LogP contribution in [0.15, 0.2) is 0 Å². The Bertz CT molecular complexity index is 305. The van der Waals surface area contributed by atoms with E-state index in [1.54, 1.807) is 0 Å². The van der Waals surface area contributed by atoms with Crippen LogP contribution in [0.2, 0.25) is 0 Å². The highest BCUT2D eigenvalue weighted by Crippen LogP contribution is 2.44. The summed E-state index contributed by atoms with van der Waals surface area (Å²) in [5.74, 6) is 2.43. The molecule has 3 rings (SSSR count). The molecule has 1 saturated heterocycles. The smallest absolute Gasteiger partial charge is 0.237 e. The first-order valence-electron chi connectivity index (χ1n) is 7.28. The number of carbonyl (C=O) groups is 1. The fourth-order valence-corrected chi connectivity index (χ4v) is 4.09. The number of piperidine rings is 1. The molecule has 2 bridgehead atoms. The number of amides is 1. The van der Waals surface area contributed by atoms with Crippen molar-refractivity contribution in [1.82, 2.24) is 10.6 Å². The molecular formula is C14H24N2O. The second-order valence-corrected chi connectivity index (χ2v) is 6.34. The van der Waals surface area contributed by atoms with Crippen LogP contribution in [0.25, 0.3) is 0 Å². The predicted molar refractivity (Wildman–Crippen MR) is 67.6 cm³/mol. The van der Waals surface area contributed by atoms with E-state index in [0.29, 0.717) is 12.0 Å². The van der Waals surface area contributed by atoms with Crippen molar-refractivity contribution < 1.29 is 4.79 Å². The molecule has 1 aliphatic heterocycles. The van der Waals surface area contributed by atoms with Crippen LogP contribution in [-0.2, 0) is 4.79 Å². The van der Waals surface area contributed by atoms with Gasteiger partial charge in [-0.2, -0.15) is 0 Å². The van der Waals surface area contributed by atoms with Crippen LogP contribution in [-0.4, -0.2) is 24.5 Å². The van der Waals surface area contributed by atoms with E-state index in [4.69, 9.17) is 0 Å². The molecule has 2 N–H and O–H groups in total. The fraction of sp³-hybridized carbons (Fsp3) is 0.929. The minimum Gasteiger partial charge on any atom is -0.352 e. The number of nitrogens with one attached hydrogen (secondary N) is 2. The quantitative estimate of drug-likeness (QED) is 0.766. The number of hydrogen-bond acceptors (Lipinski definition) is 2. The lowest BCUT2D eigenvalue weighted by Gasteiger charge is -2.31. The summed E-state index contributed by atoms with van der Waals surface area (Å²) in [5.41, 5.74) is 0. The Morgan fingerprint density at radius 1 is 1.24 bits per heavy atom. The first-order valence-corrected chi connectivity index (χ1v) is 7.28. The molecule has 0 spiro atoms. The molecule has 5 unspecified atom stereocenters. The standard InChI is InChI=1S/C14H24N2O/c1-9-3-2-6-15-13(9)14(17)16-12-8-10-4-5-11(12)7-10/h9-13,15H,2-8H2,1H3,(H,16,17). The van der Waals surface area contributed by atoms with E-state index < -0.39 is 0 Å². The van der Waals surface area contributed by atoms with E-state index in [2.05, 4.69) is 17.6 Å². The molecule has 2 saturated carbocycles. The van der Waals surface area contributed by atoms with Crippen LogP contribution >= 0.6 is 0 Å². The summed E-state index contributed by atoms with van der Waals surface area (Å²) in [4.78, 5) is 12.3. The topological polar surface area (TPSA) is 41.1 Å². The van der Waals surface area contributed by atoms with Crippen molar-refractivity contribution in [2.45, 2.75) is 57.5 Å². The summed E-state index contributed by atoms with van der Waals surface area (Å²) in [5, 5.41) is 6.68. The van der Waals surface area contributed by atoms with Gasteiger partial charge in [-0.1, -0.05) is 13.3 Å². The maximum absolute atomic E-state index is 12.3. The van der Waals surface area contributed by atoms with Crippen LogP contribution in [0, 0.1) is 17.8 Å². The Labute approximate surface area is 104 Å². The van der Waals surface area contributed by atoms with E-state index in [-0.39, 0.29) is 11.9 Å². The van der Waals surface area contributed by atoms with Gasteiger partial charge in [0.1, 0.15) is 0 Å². The summed E-state index contributed by atoms with van der Waals surface area (Å²) in [6, 6.07) is 0.542. The molecule has 5 atom stereocenters. The van der Waals surface area contributed by atoms with E-state index in [9.17, 15) is 4.79 Å². The number of hydrogen-bond donors (Lipinski definition) is 2. The Morgan fingerprint density at radius 2 is 2.12 bits per heavy atom. The SMILES string of the molecule is CC1CCCNC1C(=O)NC1CC2CCC1C2. The largest absolute Gasteiger partial charge is 0.352 e. The second-order valence-electron chi connectivity index (χ2n) is 6.34. The van der Waals surface area contributed by atoms with Crippen LogP contribution in [0.3, 0.4) is 0 Å². The Kier molecular flexibility index (Phi) is 3.12. The molecule has 0 aromatic carbocycles. The van der Waals surface area contributed by atoms with Crippen LogP contribution in [0.4, 0.5) is 0 Å². The summed E-state index contributed by atoms with van der Waals surface area (Å²) in [6.45, 7) is 3.19. The summed E-state index contributed by atoms with van der Waals surface area (Å²) in [6.07, 6.45) is 7.72. The van der Waals surface area contributed by atoms with Gasteiger partial charge >= 0.3 is 0 Å². The van der Waals surface area contributed by atoms with E-state index in [1.807, 2.05) is 0 Å². The van der Waals surface area contributed by atoms with Gasteiger partial charge in [0.15, 0.2) is 0 Å². The second kappa shape index (κ2) is 4.60. The zero-order valence-corrected chi connectivity index (χ0v) is 10.7. The van der Waals surface area contributed by atoms with Gasteiger partial charge in [-0.25, -0.2) is 0 Å². The van der Waals surface area contributed by atoms with Crippen molar-refractivity contribution in [3.8, 4) is 0 Å². The third-order valence-corrected chi connectivity index (χ3v) is 5.12. The van der Waals surface area contributed by atoms with Gasteiger partial charge in [0, 0.05) is 6.04 Å². The van der Waals surface area contributed by atoms with Gasteiger partial charge < -0.3 is 10.6 Å². The fourth-order valence-electron chi connectivity index (χ4n) is 4.09. The third-order valence-electron chi connectivity index (χ3n) is 5.12. The van der Waals surface area contributed by atoms with Crippen molar-refractivity contribution in [2.75, 3.05) is 6.54 Å². The van der Waals surface area contributed by atoms with Gasteiger partial charge in [0.25, 0.3) is 0 Å². The van der Waals surface area contributed by atoms with Crippen molar-refractivity contribution in [3.05, 3.63) is 0 Å². The van der Waals surface area contributed by atoms with E-state index in [1.165, 1.54) is 38.5 Å². The Morgan fingerprint density at radius 3 is 2.76 bits per heavy atom. The highest BCUT2D eigenvalue weighted by molar-refractivity contribution is 5.82. The van der Waals surface area contributed by atoms with Crippen molar-refractivity contribution in [1.29, 1.82) is 0 Å². The minimum atomic E-state index is 0.0582. The van der Waals surface area contributed by atoms with Crippen LogP contribution in [0.5, 0.6) is 0 Å². The van der Waals surface area contributed by atoms with E-state index in [0.717, 1.165) is 18.4 Å². The molecule has 2 aliphatic carbocycles. The van der Waals surface area contributed by atoms with Crippen molar-refractivity contribution in [3.63, 3.8) is 0 Å². The zero-order chi connectivity index (χ0) is 11.8. The maximum Gasteiger partial charge on any atom is 0.237 e. The van der Waals surface area contributed by atoms with Crippen LogP contribution in [0.1, 0.15) is 45.4 Å². The normalized spacial score (nSPS) is 44.9. The molecule has 0 radical (unpaired) electrons. The molecule has 3 aliphatic rings. The molecule has 17 heavy (non-hydrogen) atoms. The third kappa shape index (κ3) is 2.22. The van der Waals surface area contributed by atoms with Crippen molar-refractivity contribution >= 4 is 5.91 Å². The van der Waals surface area contributed by atoms with Gasteiger partial charge in [-0.15, -0.1) is 0 Å². The van der Waals surface area contributed by atoms with Gasteiger partial charge in [-0.3, -0.25) is 4.79 Å². The van der Waals surface area contributed by atoms with Gasteiger partial charge in [-0.05, 0) is 56.4 Å². The van der Waals surface area contributed by atoms with Crippen LogP contribution < -0.4 is 10.6 Å². The highest BCUT2D eigenvalue weighted by Gasteiger charge is 2.41. The summed E-state index contributed by atoms with van der Waals surface area (Å²) >= 11 is 0. The van der Waals surface area contributed by atoms with Gasteiger partial charge in [0.2, 0.25) is 5.91 Å². The molecular weight excluding hydrogens is 212 g/mol. The van der Waals surface area contributed by atoms with E-state index >= 15 is 0 Å².